The van der Waals surface area contributed by atoms with Crippen LogP contribution in [-0.4, -0.2) is 20.5 Å². The minimum Gasteiger partial charge on any atom is -0.0536 e. The predicted octanol–water partition coefficient (Wildman–Crippen LogP) is 1.47. The summed E-state index contributed by atoms with van der Waals surface area (Å²) in [6.07, 6.45) is 5.35. The molecule has 0 aromatic rings. The van der Waals surface area contributed by atoms with Crippen LogP contribution in [0.25, 0.3) is 0 Å². The van der Waals surface area contributed by atoms with E-state index in [0.29, 0.717) is 0 Å². The molecule has 6 radical (unpaired) electrons. The zero-order valence-corrected chi connectivity index (χ0v) is 6.98. The van der Waals surface area contributed by atoms with Gasteiger partial charge in [0.15, 0.2) is 0 Å². The van der Waals surface area contributed by atoms with Crippen LogP contribution in [0.5, 0.6) is 0 Å². The van der Waals surface area contributed by atoms with E-state index in [1.54, 1.807) is 0 Å². The molecular formula is C6H10Si2. The summed E-state index contributed by atoms with van der Waals surface area (Å²) in [5, 5.41) is 0. The van der Waals surface area contributed by atoms with Crippen LogP contribution in [0.2, 0.25) is 11.1 Å². The van der Waals surface area contributed by atoms with Crippen molar-refractivity contribution in [3.8, 4) is 0 Å². The quantitative estimate of drug-likeness (QED) is 0.445. The lowest BCUT2D eigenvalue weighted by Gasteiger charge is -2.22. The summed E-state index contributed by atoms with van der Waals surface area (Å²) in [7, 11) is 7.28. The van der Waals surface area contributed by atoms with Gasteiger partial charge in [-0.3, -0.25) is 0 Å². The largest absolute Gasteiger partial charge is 0.0536 e. The molecule has 0 heterocycles. The standard InChI is InChI=1S/C6H10Si2/c7-5-1-2-6(8)4-3-5/h5-6H,1-4H2. The molecule has 0 unspecified atom stereocenters. The van der Waals surface area contributed by atoms with E-state index in [9.17, 15) is 0 Å². The topological polar surface area (TPSA) is 0 Å². The van der Waals surface area contributed by atoms with E-state index in [2.05, 4.69) is 20.5 Å². The van der Waals surface area contributed by atoms with Crippen molar-refractivity contribution in [1.29, 1.82) is 0 Å². The molecule has 2 heteroatoms. The van der Waals surface area contributed by atoms with E-state index in [1.165, 1.54) is 25.7 Å². The molecule has 0 amide bonds. The van der Waals surface area contributed by atoms with E-state index < -0.39 is 0 Å². The van der Waals surface area contributed by atoms with E-state index in [4.69, 9.17) is 0 Å². The summed E-state index contributed by atoms with van der Waals surface area (Å²) < 4.78 is 0. The maximum Gasteiger partial charge on any atom is 0.0266 e. The Hall–Kier alpha value is 0.434. The normalized spacial score (nSPS) is 39.8. The third-order valence-corrected chi connectivity index (χ3v) is 2.88. The zero-order valence-electron chi connectivity index (χ0n) is 4.98. The molecule has 1 saturated carbocycles. The lowest BCUT2D eigenvalue weighted by atomic mass is 9.99. The summed E-state index contributed by atoms with van der Waals surface area (Å²) in [4.78, 5) is 0. The maximum atomic E-state index is 3.64. The van der Waals surface area contributed by atoms with E-state index >= 15 is 0 Å². The maximum absolute atomic E-state index is 3.64. The van der Waals surface area contributed by atoms with Crippen LogP contribution < -0.4 is 0 Å². The van der Waals surface area contributed by atoms with Gasteiger partial charge in [-0.2, -0.15) is 0 Å². The fourth-order valence-corrected chi connectivity index (χ4v) is 1.76. The Morgan fingerprint density at radius 2 is 1.00 bits per heavy atom. The van der Waals surface area contributed by atoms with Gasteiger partial charge in [0.1, 0.15) is 0 Å². The van der Waals surface area contributed by atoms with Crippen molar-refractivity contribution >= 4 is 20.5 Å². The van der Waals surface area contributed by atoms with Crippen molar-refractivity contribution in [1.82, 2.24) is 0 Å². The highest BCUT2D eigenvalue weighted by molar-refractivity contribution is 6.13. The minimum atomic E-state index is 0.794. The molecule has 0 nitrogen and oxygen atoms in total. The molecule has 0 saturated heterocycles. The molecule has 0 atom stereocenters. The van der Waals surface area contributed by atoms with Gasteiger partial charge in [0, 0.05) is 20.5 Å². The summed E-state index contributed by atoms with van der Waals surface area (Å²) in [5.74, 6) is 0. The third-order valence-electron chi connectivity index (χ3n) is 1.73. The smallest absolute Gasteiger partial charge is 0.0266 e. The highest BCUT2D eigenvalue weighted by atomic mass is 28.1. The number of rotatable bonds is 0. The second-order valence-electron chi connectivity index (χ2n) is 2.55. The second kappa shape index (κ2) is 2.83. The molecule has 0 N–H and O–H groups in total. The lowest BCUT2D eigenvalue weighted by molar-refractivity contribution is 0.504. The fourth-order valence-electron chi connectivity index (χ4n) is 1.09. The Labute approximate surface area is 57.9 Å². The summed E-state index contributed by atoms with van der Waals surface area (Å²) >= 11 is 0. The molecule has 1 aliphatic rings. The molecule has 0 bridgehead atoms. The molecule has 0 spiro atoms. The van der Waals surface area contributed by atoms with Crippen LogP contribution >= 0.6 is 0 Å². The van der Waals surface area contributed by atoms with Crippen LogP contribution in [0.1, 0.15) is 25.7 Å². The van der Waals surface area contributed by atoms with E-state index in [0.717, 1.165) is 11.1 Å². The Morgan fingerprint density at radius 3 is 1.25 bits per heavy atom. The zero-order chi connectivity index (χ0) is 5.98. The van der Waals surface area contributed by atoms with Crippen molar-refractivity contribution in [3.05, 3.63) is 0 Å². The highest BCUT2D eigenvalue weighted by Gasteiger charge is 2.13. The van der Waals surface area contributed by atoms with Gasteiger partial charge in [-0.05, 0) is 0 Å². The molecule has 1 fully saturated rings. The SMILES string of the molecule is [Si]C1CCC([Si])CC1. The fraction of sp³-hybridized carbons (Fsp3) is 1.00. The molecule has 0 aromatic carbocycles. The van der Waals surface area contributed by atoms with Gasteiger partial charge in [-0.25, -0.2) is 0 Å². The third kappa shape index (κ3) is 1.74. The van der Waals surface area contributed by atoms with Crippen LogP contribution in [-0.2, 0) is 0 Å². The van der Waals surface area contributed by atoms with E-state index in [1.807, 2.05) is 0 Å². The second-order valence-corrected chi connectivity index (χ2v) is 4.18. The molecule has 1 rings (SSSR count). The summed E-state index contributed by atoms with van der Waals surface area (Å²) in [5.41, 5.74) is 1.59. The van der Waals surface area contributed by atoms with Crippen LogP contribution in [0, 0.1) is 0 Å². The van der Waals surface area contributed by atoms with Crippen LogP contribution in [0.3, 0.4) is 0 Å². The van der Waals surface area contributed by atoms with Crippen LogP contribution in [0.4, 0.5) is 0 Å². The number of hydrogen-bond donors (Lipinski definition) is 0. The van der Waals surface area contributed by atoms with Crippen molar-refractivity contribution in [2.75, 3.05) is 0 Å². The average Bonchev–Trinajstić information content (AvgIpc) is 1.77. The first-order chi connectivity index (χ1) is 3.79. The summed E-state index contributed by atoms with van der Waals surface area (Å²) in [6, 6.07) is 0. The van der Waals surface area contributed by atoms with Crippen LogP contribution in [0.15, 0.2) is 0 Å². The van der Waals surface area contributed by atoms with Gasteiger partial charge >= 0.3 is 0 Å². The van der Waals surface area contributed by atoms with Gasteiger partial charge in [0.25, 0.3) is 0 Å². The first-order valence-corrected chi connectivity index (χ1v) is 4.37. The predicted molar refractivity (Wildman–Crippen MR) is 37.5 cm³/mol. The van der Waals surface area contributed by atoms with E-state index in [-0.39, 0.29) is 0 Å². The van der Waals surface area contributed by atoms with Gasteiger partial charge < -0.3 is 0 Å². The molecule has 42 valence electrons. The Balaban J connectivity index is 2.19. The van der Waals surface area contributed by atoms with Gasteiger partial charge in [0.2, 0.25) is 0 Å². The molecule has 1 aliphatic carbocycles. The van der Waals surface area contributed by atoms with Crippen molar-refractivity contribution < 1.29 is 0 Å². The van der Waals surface area contributed by atoms with Gasteiger partial charge in [-0.1, -0.05) is 36.8 Å². The van der Waals surface area contributed by atoms with Crippen molar-refractivity contribution in [2.24, 2.45) is 0 Å². The Bertz CT molecular complexity index is 54.9. The molecule has 0 aromatic heterocycles. The lowest BCUT2D eigenvalue weighted by Crippen LogP contribution is -2.05. The minimum absolute atomic E-state index is 0.794. The molecule has 0 aliphatic heterocycles. The Kier molecular flexibility index (Phi) is 2.32. The van der Waals surface area contributed by atoms with Gasteiger partial charge in [0.05, 0.1) is 0 Å². The molecular weight excluding hydrogens is 128 g/mol. The first kappa shape index (κ1) is 6.55. The number of hydrogen-bond acceptors (Lipinski definition) is 0. The first-order valence-electron chi connectivity index (χ1n) is 3.21. The molecule has 8 heavy (non-hydrogen) atoms. The van der Waals surface area contributed by atoms with Crippen molar-refractivity contribution in [2.45, 2.75) is 36.8 Å². The van der Waals surface area contributed by atoms with Gasteiger partial charge in [-0.15, -0.1) is 0 Å². The monoisotopic (exact) mass is 138 g/mol. The summed E-state index contributed by atoms with van der Waals surface area (Å²) in [6.45, 7) is 0. The highest BCUT2D eigenvalue weighted by Crippen LogP contribution is 2.31. The Morgan fingerprint density at radius 1 is 0.750 bits per heavy atom. The average molecular weight is 138 g/mol. The van der Waals surface area contributed by atoms with Crippen molar-refractivity contribution in [3.63, 3.8) is 0 Å².